The first kappa shape index (κ1) is 8.47. The average Bonchev–Trinajstić information content (AvgIpc) is 2.72. The third kappa shape index (κ3) is 1.50. The molecule has 0 aromatic carbocycles. The van der Waals surface area contributed by atoms with Crippen molar-refractivity contribution in [1.29, 1.82) is 0 Å². The SMILES string of the molecule is Cn1cc(CN)nc1-c1cccs1. The second kappa shape index (κ2) is 3.32. The lowest BCUT2D eigenvalue weighted by Crippen LogP contribution is -1.95. The minimum atomic E-state index is 0.499. The minimum absolute atomic E-state index is 0.499. The Hall–Kier alpha value is -1.13. The lowest BCUT2D eigenvalue weighted by Gasteiger charge is -1.95. The summed E-state index contributed by atoms with van der Waals surface area (Å²) in [5, 5.41) is 2.05. The molecule has 2 aromatic heterocycles. The molecular weight excluding hydrogens is 182 g/mol. The molecule has 2 rings (SSSR count). The molecule has 0 saturated heterocycles. The van der Waals surface area contributed by atoms with Gasteiger partial charge in [0.1, 0.15) is 5.82 Å². The Morgan fingerprint density at radius 2 is 2.46 bits per heavy atom. The monoisotopic (exact) mass is 193 g/mol. The Labute approximate surface area is 80.8 Å². The molecule has 0 fully saturated rings. The zero-order chi connectivity index (χ0) is 9.26. The van der Waals surface area contributed by atoms with Crippen LogP contribution in [0.15, 0.2) is 23.7 Å². The first-order valence-corrected chi connectivity index (χ1v) is 4.95. The Morgan fingerprint density at radius 3 is 3.00 bits per heavy atom. The van der Waals surface area contributed by atoms with Gasteiger partial charge in [0.2, 0.25) is 0 Å². The van der Waals surface area contributed by atoms with Crippen LogP contribution in [0.2, 0.25) is 0 Å². The highest BCUT2D eigenvalue weighted by Gasteiger charge is 2.06. The molecule has 68 valence electrons. The molecule has 0 aliphatic rings. The predicted molar refractivity (Wildman–Crippen MR) is 54.4 cm³/mol. The van der Waals surface area contributed by atoms with Crippen LogP contribution in [0.3, 0.4) is 0 Å². The Bertz CT molecular complexity index is 389. The summed E-state index contributed by atoms with van der Waals surface area (Å²) in [5.74, 6) is 0.996. The maximum Gasteiger partial charge on any atom is 0.150 e. The summed E-state index contributed by atoms with van der Waals surface area (Å²) in [4.78, 5) is 5.60. The van der Waals surface area contributed by atoms with Gasteiger partial charge in [-0.1, -0.05) is 6.07 Å². The minimum Gasteiger partial charge on any atom is -0.333 e. The molecule has 0 aliphatic heterocycles. The van der Waals surface area contributed by atoms with Crippen molar-refractivity contribution in [3.8, 4) is 10.7 Å². The quantitative estimate of drug-likeness (QED) is 0.787. The first-order valence-electron chi connectivity index (χ1n) is 4.07. The van der Waals surface area contributed by atoms with E-state index in [4.69, 9.17) is 5.73 Å². The highest BCUT2D eigenvalue weighted by molar-refractivity contribution is 7.13. The Morgan fingerprint density at radius 1 is 1.62 bits per heavy atom. The van der Waals surface area contributed by atoms with E-state index < -0.39 is 0 Å². The van der Waals surface area contributed by atoms with Crippen molar-refractivity contribution in [1.82, 2.24) is 9.55 Å². The number of nitrogens with zero attached hydrogens (tertiary/aromatic N) is 2. The molecular formula is C9H11N3S. The Balaban J connectivity index is 2.46. The number of aryl methyl sites for hydroxylation is 1. The van der Waals surface area contributed by atoms with Crippen LogP contribution in [-0.2, 0) is 13.6 Å². The van der Waals surface area contributed by atoms with Gasteiger partial charge >= 0.3 is 0 Å². The van der Waals surface area contributed by atoms with Crippen molar-refractivity contribution < 1.29 is 0 Å². The summed E-state index contributed by atoms with van der Waals surface area (Å²) in [6, 6.07) is 4.09. The summed E-state index contributed by atoms with van der Waals surface area (Å²) in [7, 11) is 1.99. The summed E-state index contributed by atoms with van der Waals surface area (Å²) in [5.41, 5.74) is 6.45. The molecule has 4 heteroatoms. The van der Waals surface area contributed by atoms with Crippen LogP contribution >= 0.6 is 11.3 Å². The number of hydrogen-bond donors (Lipinski definition) is 1. The molecule has 2 heterocycles. The van der Waals surface area contributed by atoms with E-state index >= 15 is 0 Å². The molecule has 2 N–H and O–H groups in total. The number of hydrogen-bond acceptors (Lipinski definition) is 3. The van der Waals surface area contributed by atoms with Crippen LogP contribution in [0.5, 0.6) is 0 Å². The van der Waals surface area contributed by atoms with Gasteiger partial charge in [0.05, 0.1) is 10.6 Å². The van der Waals surface area contributed by atoms with Crippen LogP contribution in [0.4, 0.5) is 0 Å². The number of imidazole rings is 1. The third-order valence-electron chi connectivity index (χ3n) is 1.88. The fourth-order valence-electron chi connectivity index (χ4n) is 1.26. The molecule has 3 nitrogen and oxygen atoms in total. The van der Waals surface area contributed by atoms with E-state index in [1.807, 2.05) is 29.3 Å². The molecule has 0 saturated carbocycles. The maximum absolute atomic E-state index is 5.51. The van der Waals surface area contributed by atoms with E-state index in [0.717, 1.165) is 11.5 Å². The van der Waals surface area contributed by atoms with E-state index in [0.29, 0.717) is 6.54 Å². The van der Waals surface area contributed by atoms with E-state index in [9.17, 15) is 0 Å². The van der Waals surface area contributed by atoms with Crippen molar-refractivity contribution in [2.24, 2.45) is 12.8 Å². The topological polar surface area (TPSA) is 43.8 Å². The van der Waals surface area contributed by atoms with Crippen molar-refractivity contribution >= 4 is 11.3 Å². The number of thiophene rings is 1. The lowest BCUT2D eigenvalue weighted by atomic mass is 10.4. The van der Waals surface area contributed by atoms with Crippen LogP contribution in [0.1, 0.15) is 5.69 Å². The van der Waals surface area contributed by atoms with Gasteiger partial charge in [-0.3, -0.25) is 0 Å². The van der Waals surface area contributed by atoms with Gasteiger partial charge in [-0.2, -0.15) is 0 Å². The van der Waals surface area contributed by atoms with Crippen LogP contribution in [-0.4, -0.2) is 9.55 Å². The first-order chi connectivity index (χ1) is 6.31. The van der Waals surface area contributed by atoms with E-state index in [1.54, 1.807) is 11.3 Å². The number of aromatic nitrogens is 2. The molecule has 2 aromatic rings. The molecule has 0 radical (unpaired) electrons. The smallest absolute Gasteiger partial charge is 0.150 e. The van der Waals surface area contributed by atoms with Crippen molar-refractivity contribution in [2.45, 2.75) is 6.54 Å². The molecule has 0 atom stereocenters. The predicted octanol–water partition coefficient (Wildman–Crippen LogP) is 1.61. The normalized spacial score (nSPS) is 10.6. The van der Waals surface area contributed by atoms with Gasteiger partial charge in [-0.25, -0.2) is 4.98 Å². The number of nitrogens with two attached hydrogens (primary N) is 1. The summed E-state index contributed by atoms with van der Waals surface area (Å²) >= 11 is 1.69. The maximum atomic E-state index is 5.51. The fourth-order valence-corrected chi connectivity index (χ4v) is 2.02. The van der Waals surface area contributed by atoms with Gasteiger partial charge in [-0.15, -0.1) is 11.3 Å². The van der Waals surface area contributed by atoms with E-state index in [1.165, 1.54) is 4.88 Å². The molecule has 0 unspecified atom stereocenters. The summed E-state index contributed by atoms with van der Waals surface area (Å²) < 4.78 is 2.01. The lowest BCUT2D eigenvalue weighted by molar-refractivity contribution is 0.924. The highest BCUT2D eigenvalue weighted by atomic mass is 32.1. The van der Waals surface area contributed by atoms with Crippen molar-refractivity contribution in [3.63, 3.8) is 0 Å². The summed E-state index contributed by atoms with van der Waals surface area (Å²) in [6.07, 6.45) is 1.97. The number of rotatable bonds is 2. The van der Waals surface area contributed by atoms with Crippen molar-refractivity contribution in [2.75, 3.05) is 0 Å². The average molecular weight is 193 g/mol. The molecule has 0 spiro atoms. The van der Waals surface area contributed by atoms with Crippen molar-refractivity contribution in [3.05, 3.63) is 29.4 Å². The Kier molecular flexibility index (Phi) is 2.16. The van der Waals surface area contributed by atoms with Gasteiger partial charge in [-0.05, 0) is 11.4 Å². The van der Waals surface area contributed by atoms with Crippen LogP contribution in [0.25, 0.3) is 10.7 Å². The standard InChI is InChI=1S/C9H11N3S/c1-12-6-7(5-10)11-9(12)8-3-2-4-13-8/h2-4,6H,5,10H2,1H3. The second-order valence-electron chi connectivity index (χ2n) is 2.85. The van der Waals surface area contributed by atoms with Crippen LogP contribution in [0, 0.1) is 0 Å². The largest absolute Gasteiger partial charge is 0.333 e. The molecule has 0 amide bonds. The molecule has 13 heavy (non-hydrogen) atoms. The van der Waals surface area contributed by atoms with Gasteiger partial charge < -0.3 is 10.3 Å². The molecule has 0 bridgehead atoms. The van der Waals surface area contributed by atoms with Gasteiger partial charge in [0.15, 0.2) is 0 Å². The van der Waals surface area contributed by atoms with E-state index in [2.05, 4.69) is 11.1 Å². The summed E-state index contributed by atoms with van der Waals surface area (Å²) in [6.45, 7) is 0.499. The third-order valence-corrected chi connectivity index (χ3v) is 2.74. The van der Waals surface area contributed by atoms with Crippen LogP contribution < -0.4 is 5.73 Å². The fraction of sp³-hybridized carbons (Fsp3) is 0.222. The van der Waals surface area contributed by atoms with E-state index in [-0.39, 0.29) is 0 Å². The van der Waals surface area contributed by atoms with Gasteiger partial charge in [0, 0.05) is 19.8 Å². The zero-order valence-corrected chi connectivity index (χ0v) is 8.21. The molecule has 0 aliphatic carbocycles. The highest BCUT2D eigenvalue weighted by Crippen LogP contribution is 2.22. The zero-order valence-electron chi connectivity index (χ0n) is 7.40. The second-order valence-corrected chi connectivity index (χ2v) is 3.80. The van der Waals surface area contributed by atoms with Gasteiger partial charge in [0.25, 0.3) is 0 Å².